The maximum absolute atomic E-state index is 12.1. The summed E-state index contributed by atoms with van der Waals surface area (Å²) in [6.45, 7) is 7.34. The summed E-state index contributed by atoms with van der Waals surface area (Å²) in [5.74, 6) is 1.85. The van der Waals surface area contributed by atoms with Gasteiger partial charge < -0.3 is 10.1 Å². The van der Waals surface area contributed by atoms with Gasteiger partial charge in [-0.25, -0.2) is 0 Å². The highest BCUT2D eigenvalue weighted by molar-refractivity contribution is 7.99. The minimum absolute atomic E-state index is 0.00445. The minimum atomic E-state index is -0.00445. The third-order valence-electron chi connectivity index (χ3n) is 4.22. The molecule has 1 aromatic heterocycles. The van der Waals surface area contributed by atoms with E-state index in [0.717, 1.165) is 34.8 Å². The summed E-state index contributed by atoms with van der Waals surface area (Å²) < 4.78 is 7.55. The molecule has 2 aromatic carbocycles. The van der Waals surface area contributed by atoms with Crippen molar-refractivity contribution < 1.29 is 9.53 Å². The number of thioether (sulfide) groups is 1. The molecule has 0 saturated heterocycles. The van der Waals surface area contributed by atoms with Gasteiger partial charge in [0.05, 0.1) is 12.4 Å². The SMILES string of the molecule is CCCNC(=O)CSc1nnc(-c2cccc(C)c2)n1-c1ccc(OCC)cc1. The number of aromatic nitrogens is 3. The minimum Gasteiger partial charge on any atom is -0.494 e. The van der Waals surface area contributed by atoms with E-state index in [2.05, 4.69) is 34.6 Å². The molecule has 0 radical (unpaired) electrons. The Balaban J connectivity index is 1.95. The lowest BCUT2D eigenvalue weighted by Gasteiger charge is -2.12. The van der Waals surface area contributed by atoms with Crippen molar-refractivity contribution in [2.24, 2.45) is 0 Å². The van der Waals surface area contributed by atoms with Crippen molar-refractivity contribution in [3.63, 3.8) is 0 Å². The Bertz CT molecular complexity index is 954. The van der Waals surface area contributed by atoms with Gasteiger partial charge in [-0.3, -0.25) is 9.36 Å². The lowest BCUT2D eigenvalue weighted by atomic mass is 10.1. The first-order chi connectivity index (χ1) is 14.1. The van der Waals surface area contributed by atoms with E-state index in [1.165, 1.54) is 11.8 Å². The topological polar surface area (TPSA) is 69.0 Å². The third kappa shape index (κ3) is 5.38. The molecule has 152 valence electrons. The zero-order chi connectivity index (χ0) is 20.6. The van der Waals surface area contributed by atoms with Crippen molar-refractivity contribution in [1.82, 2.24) is 20.1 Å². The van der Waals surface area contributed by atoms with Crippen LogP contribution in [0.2, 0.25) is 0 Å². The molecule has 0 spiro atoms. The molecular formula is C22H26N4O2S. The van der Waals surface area contributed by atoms with E-state index < -0.39 is 0 Å². The predicted molar refractivity (Wildman–Crippen MR) is 117 cm³/mol. The number of carbonyl (C=O) groups excluding carboxylic acids is 1. The second kappa shape index (κ2) is 10.1. The van der Waals surface area contributed by atoms with E-state index in [-0.39, 0.29) is 5.91 Å². The number of benzene rings is 2. The Morgan fingerprint density at radius 2 is 1.93 bits per heavy atom. The van der Waals surface area contributed by atoms with Crippen LogP contribution in [0.15, 0.2) is 53.7 Å². The lowest BCUT2D eigenvalue weighted by Crippen LogP contribution is -2.25. The van der Waals surface area contributed by atoms with E-state index in [0.29, 0.717) is 24.1 Å². The molecule has 3 rings (SSSR count). The molecular weight excluding hydrogens is 384 g/mol. The van der Waals surface area contributed by atoms with Crippen molar-refractivity contribution in [3.8, 4) is 22.8 Å². The highest BCUT2D eigenvalue weighted by Gasteiger charge is 2.17. The first-order valence-corrected chi connectivity index (χ1v) is 10.8. The van der Waals surface area contributed by atoms with Gasteiger partial charge in [-0.15, -0.1) is 10.2 Å². The molecule has 1 amide bonds. The van der Waals surface area contributed by atoms with E-state index >= 15 is 0 Å². The number of carbonyl (C=O) groups is 1. The van der Waals surface area contributed by atoms with Gasteiger partial charge in [-0.2, -0.15) is 0 Å². The number of amides is 1. The molecule has 0 aliphatic carbocycles. The normalized spacial score (nSPS) is 10.7. The third-order valence-corrected chi connectivity index (χ3v) is 5.15. The molecule has 3 aromatic rings. The maximum Gasteiger partial charge on any atom is 0.230 e. The fourth-order valence-electron chi connectivity index (χ4n) is 2.87. The highest BCUT2D eigenvalue weighted by atomic mass is 32.2. The summed E-state index contributed by atoms with van der Waals surface area (Å²) in [6, 6.07) is 16.0. The van der Waals surface area contributed by atoms with Crippen LogP contribution >= 0.6 is 11.8 Å². The van der Waals surface area contributed by atoms with Gasteiger partial charge in [-0.05, 0) is 50.6 Å². The average molecular weight is 411 g/mol. The molecule has 7 heteroatoms. The Labute approximate surface area is 175 Å². The van der Waals surface area contributed by atoms with E-state index in [9.17, 15) is 4.79 Å². The van der Waals surface area contributed by atoms with E-state index in [1.54, 1.807) is 0 Å². The first kappa shape index (κ1) is 20.9. The molecule has 0 saturated carbocycles. The number of rotatable bonds is 9. The van der Waals surface area contributed by atoms with Crippen LogP contribution in [-0.4, -0.2) is 39.6 Å². The molecule has 1 N–H and O–H groups in total. The monoisotopic (exact) mass is 410 g/mol. The van der Waals surface area contributed by atoms with Gasteiger partial charge in [0.2, 0.25) is 5.91 Å². The van der Waals surface area contributed by atoms with E-state index in [1.807, 2.05) is 54.8 Å². The summed E-state index contributed by atoms with van der Waals surface area (Å²) in [6.07, 6.45) is 0.913. The standard InChI is InChI=1S/C22H26N4O2S/c1-4-13-23-20(27)15-29-22-25-24-21(17-8-6-7-16(3)14-17)26(22)18-9-11-19(12-10-18)28-5-2/h6-12,14H,4-5,13,15H2,1-3H3,(H,23,27). The number of hydrogen-bond donors (Lipinski definition) is 1. The highest BCUT2D eigenvalue weighted by Crippen LogP contribution is 2.29. The molecule has 6 nitrogen and oxygen atoms in total. The van der Waals surface area contributed by atoms with E-state index in [4.69, 9.17) is 4.74 Å². The van der Waals surface area contributed by atoms with Gasteiger partial charge in [0.15, 0.2) is 11.0 Å². The Hall–Kier alpha value is -2.80. The lowest BCUT2D eigenvalue weighted by molar-refractivity contribution is -0.118. The van der Waals surface area contributed by atoms with Crippen molar-refractivity contribution in [3.05, 3.63) is 54.1 Å². The summed E-state index contributed by atoms with van der Waals surface area (Å²) in [5.41, 5.74) is 3.05. The predicted octanol–water partition coefficient (Wildman–Crippen LogP) is 4.26. The average Bonchev–Trinajstić information content (AvgIpc) is 3.15. The van der Waals surface area contributed by atoms with Crippen LogP contribution in [0, 0.1) is 6.92 Å². The van der Waals surface area contributed by atoms with Crippen molar-refractivity contribution in [2.45, 2.75) is 32.3 Å². The molecule has 0 atom stereocenters. The van der Waals surface area contributed by atoms with Gasteiger partial charge in [0.25, 0.3) is 0 Å². The quantitative estimate of drug-likeness (QED) is 0.534. The largest absolute Gasteiger partial charge is 0.494 e. The summed E-state index contributed by atoms with van der Waals surface area (Å²) >= 11 is 1.38. The summed E-state index contributed by atoms with van der Waals surface area (Å²) in [4.78, 5) is 12.1. The van der Waals surface area contributed by atoms with Crippen LogP contribution in [0.25, 0.3) is 17.1 Å². The number of hydrogen-bond acceptors (Lipinski definition) is 5. The van der Waals surface area contributed by atoms with Gasteiger partial charge in [0, 0.05) is 17.8 Å². The fraction of sp³-hybridized carbons (Fsp3) is 0.318. The van der Waals surface area contributed by atoms with Crippen LogP contribution in [0.1, 0.15) is 25.8 Å². The smallest absolute Gasteiger partial charge is 0.230 e. The van der Waals surface area contributed by atoms with Crippen LogP contribution in [0.5, 0.6) is 5.75 Å². The Kier molecular flexibility index (Phi) is 7.30. The molecule has 1 heterocycles. The Morgan fingerprint density at radius 3 is 2.62 bits per heavy atom. The second-order valence-corrected chi connectivity index (χ2v) is 7.52. The van der Waals surface area contributed by atoms with Crippen molar-refractivity contribution >= 4 is 17.7 Å². The Morgan fingerprint density at radius 1 is 1.14 bits per heavy atom. The fourth-order valence-corrected chi connectivity index (χ4v) is 3.65. The molecule has 0 aliphatic rings. The molecule has 0 bridgehead atoms. The molecule has 0 unspecified atom stereocenters. The van der Waals surface area contributed by atoms with Gasteiger partial charge >= 0.3 is 0 Å². The zero-order valence-corrected chi connectivity index (χ0v) is 17.8. The number of nitrogens with one attached hydrogen (secondary N) is 1. The van der Waals surface area contributed by atoms with Crippen LogP contribution in [-0.2, 0) is 4.79 Å². The first-order valence-electron chi connectivity index (χ1n) is 9.77. The molecule has 0 aliphatic heterocycles. The zero-order valence-electron chi connectivity index (χ0n) is 17.0. The van der Waals surface area contributed by atoms with Crippen LogP contribution in [0.4, 0.5) is 0 Å². The van der Waals surface area contributed by atoms with Gasteiger partial charge in [-0.1, -0.05) is 42.4 Å². The maximum atomic E-state index is 12.1. The van der Waals surface area contributed by atoms with Crippen LogP contribution in [0.3, 0.4) is 0 Å². The summed E-state index contributed by atoms with van der Waals surface area (Å²) in [7, 11) is 0. The number of aryl methyl sites for hydroxylation is 1. The second-order valence-electron chi connectivity index (χ2n) is 6.58. The molecule has 29 heavy (non-hydrogen) atoms. The van der Waals surface area contributed by atoms with Gasteiger partial charge in [0.1, 0.15) is 5.75 Å². The number of ether oxygens (including phenoxy) is 1. The molecule has 0 fully saturated rings. The van der Waals surface area contributed by atoms with Crippen LogP contribution < -0.4 is 10.1 Å². The van der Waals surface area contributed by atoms with Crippen molar-refractivity contribution in [2.75, 3.05) is 18.9 Å². The summed E-state index contributed by atoms with van der Waals surface area (Å²) in [5, 5.41) is 12.4. The van der Waals surface area contributed by atoms with Crippen molar-refractivity contribution in [1.29, 1.82) is 0 Å². The number of nitrogens with zero attached hydrogens (tertiary/aromatic N) is 3.